The molecule has 24 heavy (non-hydrogen) atoms. The molecule has 0 spiro atoms. The molecule has 1 aromatic rings. The third-order valence-electron chi connectivity index (χ3n) is 4.52. The average Bonchev–Trinajstić information content (AvgIpc) is 2.76. The van der Waals surface area contributed by atoms with Crippen molar-refractivity contribution in [3.05, 3.63) is 28.3 Å². The molecule has 134 valence electrons. The van der Waals surface area contributed by atoms with E-state index in [9.17, 15) is 8.42 Å². The summed E-state index contributed by atoms with van der Waals surface area (Å²) in [6.07, 6.45) is -0.128. The van der Waals surface area contributed by atoms with Crippen molar-refractivity contribution in [1.82, 2.24) is 9.62 Å². The monoisotopic (exact) mass is 376 g/mol. The molecule has 0 amide bonds. The molecule has 0 aromatic heterocycles. The molecule has 2 heterocycles. The van der Waals surface area contributed by atoms with Crippen LogP contribution in [0.15, 0.2) is 12.1 Å². The van der Waals surface area contributed by atoms with Gasteiger partial charge in [0.1, 0.15) is 5.75 Å². The maximum absolute atomic E-state index is 10.9. The van der Waals surface area contributed by atoms with Gasteiger partial charge in [0.25, 0.3) is 0 Å². The van der Waals surface area contributed by atoms with Gasteiger partial charge >= 0.3 is 10.3 Å². The molecule has 0 bridgehead atoms. The second-order valence-corrected chi connectivity index (χ2v) is 8.22. The Hall–Kier alpha value is -0.900. The highest BCUT2D eigenvalue weighted by Gasteiger charge is 2.45. The van der Waals surface area contributed by atoms with E-state index in [4.69, 9.17) is 25.6 Å². The van der Waals surface area contributed by atoms with Crippen LogP contribution >= 0.6 is 11.6 Å². The number of hydrogen-bond donors (Lipinski definition) is 2. The molecule has 2 aliphatic rings. The molecule has 1 saturated heterocycles. The zero-order chi connectivity index (χ0) is 17.5. The van der Waals surface area contributed by atoms with E-state index in [1.54, 1.807) is 6.07 Å². The first kappa shape index (κ1) is 17.9. The van der Waals surface area contributed by atoms with E-state index < -0.39 is 10.3 Å². The van der Waals surface area contributed by atoms with Gasteiger partial charge in [0.15, 0.2) is 6.23 Å². The topological polar surface area (TPSA) is 88.1 Å². The average molecular weight is 377 g/mol. The highest BCUT2D eigenvalue weighted by atomic mass is 35.5. The van der Waals surface area contributed by atoms with Gasteiger partial charge in [0.2, 0.25) is 0 Å². The van der Waals surface area contributed by atoms with E-state index in [0.29, 0.717) is 29.5 Å². The van der Waals surface area contributed by atoms with Crippen molar-refractivity contribution in [2.24, 2.45) is 0 Å². The number of fused-ring (bicyclic) bond motifs is 1. The van der Waals surface area contributed by atoms with Crippen LogP contribution in [0, 0.1) is 0 Å². The number of halogens is 1. The maximum atomic E-state index is 10.9. The lowest BCUT2D eigenvalue weighted by molar-refractivity contribution is -0.0612. The van der Waals surface area contributed by atoms with Crippen LogP contribution in [0.1, 0.15) is 25.0 Å². The molecule has 0 radical (unpaired) electrons. The Kier molecular flexibility index (Phi) is 4.80. The zero-order valence-corrected chi connectivity index (χ0v) is 15.2. The third-order valence-corrected chi connectivity index (χ3v) is 5.38. The number of rotatable bonds is 4. The van der Waals surface area contributed by atoms with Crippen molar-refractivity contribution in [2.75, 3.05) is 26.3 Å². The quantitative estimate of drug-likeness (QED) is 0.775. The molecule has 7 nitrogen and oxygen atoms in total. The Morgan fingerprint density at radius 2 is 2.04 bits per heavy atom. The number of benzene rings is 1. The summed E-state index contributed by atoms with van der Waals surface area (Å²) in [5, 5.41) is 0.392. The van der Waals surface area contributed by atoms with Gasteiger partial charge in [-0.25, -0.2) is 0 Å². The Labute approximate surface area is 146 Å². The van der Waals surface area contributed by atoms with Crippen LogP contribution in [0.25, 0.3) is 0 Å². The molecule has 1 aromatic carbocycles. The van der Waals surface area contributed by atoms with E-state index in [1.807, 2.05) is 10.8 Å². The predicted octanol–water partition coefficient (Wildman–Crippen LogP) is 1.56. The van der Waals surface area contributed by atoms with Crippen molar-refractivity contribution in [1.29, 1.82) is 0 Å². The Morgan fingerprint density at radius 1 is 1.38 bits per heavy atom. The van der Waals surface area contributed by atoms with Gasteiger partial charge in [-0.05, 0) is 17.7 Å². The van der Waals surface area contributed by atoms with Crippen molar-refractivity contribution >= 4 is 21.9 Å². The van der Waals surface area contributed by atoms with Crippen LogP contribution < -0.4 is 9.46 Å². The van der Waals surface area contributed by atoms with Crippen molar-refractivity contribution in [2.45, 2.75) is 32.0 Å². The molecule has 0 aliphatic carbocycles. The largest absolute Gasteiger partial charge is 0.474 e. The number of nitrogens with one attached hydrogen (secondary N) is 1. The summed E-state index contributed by atoms with van der Waals surface area (Å²) in [5.74, 6) is 0.706. The van der Waals surface area contributed by atoms with E-state index in [2.05, 4.69) is 18.7 Å². The SMILES string of the molecule is CC1(C)c2cc(CNS(=O)(=O)O)c(Cl)cc2OC1N1CCOCC1. The third kappa shape index (κ3) is 3.54. The van der Waals surface area contributed by atoms with E-state index in [-0.39, 0.29) is 18.2 Å². The lowest BCUT2D eigenvalue weighted by atomic mass is 9.83. The van der Waals surface area contributed by atoms with Crippen LogP contribution in [0.3, 0.4) is 0 Å². The molecule has 1 unspecified atom stereocenters. The minimum atomic E-state index is -4.27. The van der Waals surface area contributed by atoms with Gasteiger partial charge in [0, 0.05) is 35.6 Å². The standard InChI is InChI=1S/C15H21ClN2O5S/c1-15(2)11-7-10(9-17-24(19,20)21)12(16)8-13(11)23-14(15)18-3-5-22-6-4-18/h7-8,14,17H,3-6,9H2,1-2H3,(H,19,20,21). The first-order chi connectivity index (χ1) is 11.2. The second-order valence-electron chi connectivity index (χ2n) is 6.58. The fraction of sp³-hybridized carbons (Fsp3) is 0.600. The van der Waals surface area contributed by atoms with Crippen molar-refractivity contribution in [3.63, 3.8) is 0 Å². The van der Waals surface area contributed by atoms with E-state index in [0.717, 1.165) is 18.7 Å². The van der Waals surface area contributed by atoms with Gasteiger partial charge in [-0.3, -0.25) is 9.45 Å². The fourth-order valence-corrected chi connectivity index (χ4v) is 3.81. The molecule has 2 aliphatic heterocycles. The van der Waals surface area contributed by atoms with Crippen LogP contribution in [-0.4, -0.2) is 50.4 Å². The minimum Gasteiger partial charge on any atom is -0.474 e. The van der Waals surface area contributed by atoms with E-state index >= 15 is 0 Å². The van der Waals surface area contributed by atoms with Gasteiger partial charge in [-0.2, -0.15) is 13.1 Å². The molecule has 2 N–H and O–H groups in total. The number of nitrogens with zero attached hydrogens (tertiary/aromatic N) is 1. The normalized spacial score (nSPS) is 23.8. The van der Waals surface area contributed by atoms with Crippen LogP contribution in [0.4, 0.5) is 0 Å². The smallest absolute Gasteiger partial charge is 0.333 e. The first-order valence-electron chi connectivity index (χ1n) is 7.72. The summed E-state index contributed by atoms with van der Waals surface area (Å²) in [6, 6.07) is 3.55. The Morgan fingerprint density at radius 3 is 2.67 bits per heavy atom. The van der Waals surface area contributed by atoms with E-state index in [1.165, 1.54) is 0 Å². The summed E-state index contributed by atoms with van der Waals surface area (Å²) in [7, 11) is -4.27. The number of ether oxygens (including phenoxy) is 2. The fourth-order valence-electron chi connectivity index (χ4n) is 3.25. The van der Waals surface area contributed by atoms with Gasteiger partial charge in [0.05, 0.1) is 13.2 Å². The molecule has 9 heteroatoms. The summed E-state index contributed by atoms with van der Waals surface area (Å²) >= 11 is 6.23. The number of morpholine rings is 1. The highest BCUT2D eigenvalue weighted by molar-refractivity contribution is 7.83. The molecule has 1 atom stereocenters. The van der Waals surface area contributed by atoms with Gasteiger partial charge in [-0.1, -0.05) is 25.4 Å². The summed E-state index contributed by atoms with van der Waals surface area (Å²) in [5.41, 5.74) is 1.27. The van der Waals surface area contributed by atoms with Crippen molar-refractivity contribution < 1.29 is 22.4 Å². The van der Waals surface area contributed by atoms with Crippen molar-refractivity contribution in [3.8, 4) is 5.75 Å². The summed E-state index contributed by atoms with van der Waals surface area (Å²) in [6.45, 7) is 7.05. The van der Waals surface area contributed by atoms with Gasteiger partial charge < -0.3 is 9.47 Å². The molecule has 0 saturated carbocycles. The molecule has 1 fully saturated rings. The molecular formula is C15H21ClN2O5S. The Bertz CT molecular complexity index is 732. The molecule has 3 rings (SSSR count). The lowest BCUT2D eigenvalue weighted by Crippen LogP contribution is -2.52. The lowest BCUT2D eigenvalue weighted by Gasteiger charge is -2.38. The summed E-state index contributed by atoms with van der Waals surface area (Å²) < 4.78 is 44.2. The van der Waals surface area contributed by atoms with Gasteiger partial charge in [-0.15, -0.1) is 0 Å². The maximum Gasteiger partial charge on any atom is 0.333 e. The summed E-state index contributed by atoms with van der Waals surface area (Å²) in [4.78, 5) is 2.24. The number of hydrogen-bond acceptors (Lipinski definition) is 5. The minimum absolute atomic E-state index is 0.0801. The predicted molar refractivity (Wildman–Crippen MR) is 89.7 cm³/mol. The highest BCUT2D eigenvalue weighted by Crippen LogP contribution is 2.46. The van der Waals surface area contributed by atoms with Crippen LogP contribution in [0.5, 0.6) is 5.75 Å². The zero-order valence-electron chi connectivity index (χ0n) is 13.6. The second kappa shape index (κ2) is 6.44. The Balaban J connectivity index is 1.88. The first-order valence-corrected chi connectivity index (χ1v) is 9.54. The molecular weight excluding hydrogens is 356 g/mol. The van der Waals surface area contributed by atoms with Crippen LogP contribution in [0.2, 0.25) is 5.02 Å². The van der Waals surface area contributed by atoms with Crippen LogP contribution in [-0.2, 0) is 27.0 Å².